The van der Waals surface area contributed by atoms with Crippen molar-refractivity contribution >= 4 is 5.91 Å². The maximum absolute atomic E-state index is 11.6. The molecular weight excluding hydrogens is 164 g/mol. The van der Waals surface area contributed by atoms with E-state index in [-0.39, 0.29) is 11.9 Å². The highest BCUT2D eigenvalue weighted by Gasteiger charge is 2.29. The molecule has 1 saturated heterocycles. The summed E-state index contributed by atoms with van der Waals surface area (Å²) in [4.78, 5) is 13.9. The Hall–Kier alpha value is -0.570. The van der Waals surface area contributed by atoms with E-state index >= 15 is 0 Å². The van der Waals surface area contributed by atoms with Gasteiger partial charge in [-0.25, -0.2) is 0 Å². The summed E-state index contributed by atoms with van der Waals surface area (Å²) in [6.45, 7) is 6.38. The highest BCUT2D eigenvalue weighted by Crippen LogP contribution is 2.17. The van der Waals surface area contributed by atoms with E-state index in [4.69, 9.17) is 0 Å². The number of hydrogen-bond donors (Lipinski definition) is 1. The maximum atomic E-state index is 11.6. The Balaban J connectivity index is 2.60. The van der Waals surface area contributed by atoms with Crippen molar-refractivity contribution in [3.8, 4) is 0 Å². The molecule has 1 aliphatic rings. The van der Waals surface area contributed by atoms with Gasteiger partial charge < -0.3 is 5.32 Å². The monoisotopic (exact) mass is 184 g/mol. The summed E-state index contributed by atoms with van der Waals surface area (Å²) in [6, 6.07) is 0.0764. The molecule has 1 N–H and O–H groups in total. The standard InChI is InChI=1S/C10H20N2O/c1-8(2)9(10(13)11-3)12-6-4-5-7-12/h8-9H,4-7H2,1-3H3,(H,11,13). The third-order valence-electron chi connectivity index (χ3n) is 2.68. The lowest BCUT2D eigenvalue weighted by Crippen LogP contribution is -2.47. The fourth-order valence-corrected chi connectivity index (χ4v) is 2.06. The minimum Gasteiger partial charge on any atom is -0.358 e. The Kier molecular flexibility index (Phi) is 3.72. The number of likely N-dealkylation sites (N-methyl/N-ethyl adjacent to an activating group) is 1. The second-order valence-electron chi connectivity index (χ2n) is 4.05. The molecule has 1 rings (SSSR count). The summed E-state index contributed by atoms with van der Waals surface area (Å²) < 4.78 is 0. The Morgan fingerprint density at radius 3 is 2.23 bits per heavy atom. The topological polar surface area (TPSA) is 32.3 Å². The molecular formula is C10H20N2O. The maximum Gasteiger partial charge on any atom is 0.237 e. The molecule has 1 fully saturated rings. The molecule has 1 unspecified atom stereocenters. The zero-order valence-corrected chi connectivity index (χ0v) is 8.84. The van der Waals surface area contributed by atoms with Crippen molar-refractivity contribution in [1.82, 2.24) is 10.2 Å². The van der Waals surface area contributed by atoms with Crippen LogP contribution < -0.4 is 5.32 Å². The molecule has 0 saturated carbocycles. The van der Waals surface area contributed by atoms with Crippen LogP contribution in [-0.2, 0) is 4.79 Å². The van der Waals surface area contributed by atoms with Gasteiger partial charge in [-0.15, -0.1) is 0 Å². The molecule has 0 aromatic rings. The van der Waals surface area contributed by atoms with E-state index in [1.54, 1.807) is 7.05 Å². The highest BCUT2D eigenvalue weighted by molar-refractivity contribution is 5.81. The molecule has 13 heavy (non-hydrogen) atoms. The van der Waals surface area contributed by atoms with E-state index in [0.29, 0.717) is 5.92 Å². The zero-order valence-electron chi connectivity index (χ0n) is 8.84. The first-order valence-electron chi connectivity index (χ1n) is 5.12. The van der Waals surface area contributed by atoms with E-state index in [1.165, 1.54) is 12.8 Å². The summed E-state index contributed by atoms with van der Waals surface area (Å²) in [5.74, 6) is 0.565. The first kappa shape index (κ1) is 10.5. The average molecular weight is 184 g/mol. The number of nitrogens with zero attached hydrogens (tertiary/aromatic N) is 1. The molecule has 0 aromatic heterocycles. The minimum absolute atomic E-state index is 0.0764. The fourth-order valence-electron chi connectivity index (χ4n) is 2.06. The summed E-state index contributed by atoms with van der Waals surface area (Å²) in [6.07, 6.45) is 2.47. The van der Waals surface area contributed by atoms with Crippen molar-refractivity contribution in [3.05, 3.63) is 0 Å². The SMILES string of the molecule is CNC(=O)C(C(C)C)N1CCCC1. The van der Waals surface area contributed by atoms with Crippen molar-refractivity contribution in [2.75, 3.05) is 20.1 Å². The Labute approximate surface area is 80.5 Å². The molecule has 3 heteroatoms. The number of hydrogen-bond acceptors (Lipinski definition) is 2. The van der Waals surface area contributed by atoms with Gasteiger partial charge in [0.2, 0.25) is 5.91 Å². The molecule has 0 bridgehead atoms. The third kappa shape index (κ3) is 2.44. The molecule has 0 aromatic carbocycles. The van der Waals surface area contributed by atoms with Gasteiger partial charge in [-0.1, -0.05) is 13.8 Å². The predicted molar refractivity (Wildman–Crippen MR) is 53.5 cm³/mol. The largest absolute Gasteiger partial charge is 0.358 e. The number of amides is 1. The van der Waals surface area contributed by atoms with Crippen LogP contribution in [0.4, 0.5) is 0 Å². The number of carbonyl (C=O) groups is 1. The lowest BCUT2D eigenvalue weighted by atomic mass is 10.0. The van der Waals surface area contributed by atoms with Gasteiger partial charge in [0, 0.05) is 7.05 Å². The first-order chi connectivity index (χ1) is 6.16. The summed E-state index contributed by atoms with van der Waals surface area (Å²) in [5, 5.41) is 2.74. The summed E-state index contributed by atoms with van der Waals surface area (Å²) in [7, 11) is 1.72. The van der Waals surface area contributed by atoms with Crippen molar-refractivity contribution in [3.63, 3.8) is 0 Å². The number of likely N-dealkylation sites (tertiary alicyclic amines) is 1. The van der Waals surface area contributed by atoms with Crippen LogP contribution in [-0.4, -0.2) is 37.0 Å². The Morgan fingerprint density at radius 1 is 1.31 bits per heavy atom. The second kappa shape index (κ2) is 4.61. The molecule has 0 spiro atoms. The molecule has 76 valence electrons. The van der Waals surface area contributed by atoms with Crippen molar-refractivity contribution in [2.24, 2.45) is 5.92 Å². The Bertz CT molecular complexity index is 174. The van der Waals surface area contributed by atoms with Crippen LogP contribution in [0.1, 0.15) is 26.7 Å². The first-order valence-corrected chi connectivity index (χ1v) is 5.12. The number of carbonyl (C=O) groups excluding carboxylic acids is 1. The van der Waals surface area contributed by atoms with E-state index in [9.17, 15) is 4.79 Å². The normalized spacial score (nSPS) is 20.6. The van der Waals surface area contributed by atoms with E-state index < -0.39 is 0 Å². The molecule has 3 nitrogen and oxygen atoms in total. The Morgan fingerprint density at radius 2 is 1.85 bits per heavy atom. The second-order valence-corrected chi connectivity index (χ2v) is 4.05. The third-order valence-corrected chi connectivity index (χ3v) is 2.68. The minimum atomic E-state index is 0.0764. The van der Waals surface area contributed by atoms with Crippen LogP contribution >= 0.6 is 0 Å². The van der Waals surface area contributed by atoms with Gasteiger partial charge in [0.15, 0.2) is 0 Å². The summed E-state index contributed by atoms with van der Waals surface area (Å²) >= 11 is 0. The summed E-state index contributed by atoms with van der Waals surface area (Å²) in [5.41, 5.74) is 0. The fraction of sp³-hybridized carbons (Fsp3) is 0.900. The van der Waals surface area contributed by atoms with Gasteiger partial charge in [0.05, 0.1) is 6.04 Å². The lowest BCUT2D eigenvalue weighted by molar-refractivity contribution is -0.127. The van der Waals surface area contributed by atoms with E-state index in [1.807, 2.05) is 0 Å². The van der Waals surface area contributed by atoms with Crippen molar-refractivity contribution < 1.29 is 4.79 Å². The average Bonchev–Trinajstić information content (AvgIpc) is 2.56. The predicted octanol–water partition coefficient (Wildman–Crippen LogP) is 0.853. The van der Waals surface area contributed by atoms with Crippen LogP contribution in [0.3, 0.4) is 0 Å². The van der Waals surface area contributed by atoms with Gasteiger partial charge in [0.25, 0.3) is 0 Å². The van der Waals surface area contributed by atoms with E-state index in [0.717, 1.165) is 13.1 Å². The van der Waals surface area contributed by atoms with Crippen LogP contribution in [0.25, 0.3) is 0 Å². The number of nitrogens with one attached hydrogen (secondary N) is 1. The van der Waals surface area contributed by atoms with Gasteiger partial charge in [-0.05, 0) is 31.8 Å². The van der Waals surface area contributed by atoms with Crippen molar-refractivity contribution in [2.45, 2.75) is 32.7 Å². The van der Waals surface area contributed by atoms with Crippen LogP contribution in [0.2, 0.25) is 0 Å². The number of rotatable bonds is 3. The molecule has 1 aliphatic heterocycles. The molecule has 0 radical (unpaired) electrons. The zero-order chi connectivity index (χ0) is 9.84. The van der Waals surface area contributed by atoms with Crippen LogP contribution in [0, 0.1) is 5.92 Å². The van der Waals surface area contributed by atoms with Gasteiger partial charge in [-0.3, -0.25) is 9.69 Å². The molecule has 1 atom stereocenters. The quantitative estimate of drug-likeness (QED) is 0.705. The van der Waals surface area contributed by atoms with Crippen LogP contribution in [0.5, 0.6) is 0 Å². The lowest BCUT2D eigenvalue weighted by Gasteiger charge is -2.28. The van der Waals surface area contributed by atoms with Gasteiger partial charge >= 0.3 is 0 Å². The van der Waals surface area contributed by atoms with E-state index in [2.05, 4.69) is 24.1 Å². The van der Waals surface area contributed by atoms with Crippen molar-refractivity contribution in [1.29, 1.82) is 0 Å². The smallest absolute Gasteiger partial charge is 0.237 e. The molecule has 1 heterocycles. The highest BCUT2D eigenvalue weighted by atomic mass is 16.2. The van der Waals surface area contributed by atoms with Crippen LogP contribution in [0.15, 0.2) is 0 Å². The molecule has 1 amide bonds. The van der Waals surface area contributed by atoms with Gasteiger partial charge in [0.1, 0.15) is 0 Å². The van der Waals surface area contributed by atoms with Gasteiger partial charge in [-0.2, -0.15) is 0 Å². The molecule has 0 aliphatic carbocycles.